The highest BCUT2D eigenvalue weighted by atomic mass is 16.5. The summed E-state index contributed by atoms with van der Waals surface area (Å²) in [7, 11) is 1.66. The molecular formula is C14H23N5O2. The minimum absolute atomic E-state index is 0.235. The maximum atomic E-state index is 5.20. The molecule has 0 bridgehead atoms. The molecule has 7 heteroatoms. The van der Waals surface area contributed by atoms with Gasteiger partial charge in [-0.2, -0.15) is 10.1 Å². The molecule has 0 spiro atoms. The summed E-state index contributed by atoms with van der Waals surface area (Å²) in [6, 6.07) is 0.480. The van der Waals surface area contributed by atoms with Gasteiger partial charge in [0, 0.05) is 25.8 Å². The fraction of sp³-hybridized carbons (Fsp3) is 0.643. The number of methoxy groups -OCH3 is 1. The first-order valence-corrected chi connectivity index (χ1v) is 7.14. The molecule has 116 valence electrons. The van der Waals surface area contributed by atoms with Gasteiger partial charge < -0.3 is 14.6 Å². The molecule has 1 N–H and O–H groups in total. The highest BCUT2D eigenvalue weighted by Crippen LogP contribution is 2.11. The molecule has 2 aromatic heterocycles. The molecule has 2 atom stereocenters. The van der Waals surface area contributed by atoms with Gasteiger partial charge >= 0.3 is 0 Å². The van der Waals surface area contributed by atoms with E-state index in [1.807, 2.05) is 24.0 Å². The van der Waals surface area contributed by atoms with E-state index in [0.29, 0.717) is 31.3 Å². The molecule has 2 aromatic rings. The van der Waals surface area contributed by atoms with E-state index in [0.717, 1.165) is 5.56 Å². The van der Waals surface area contributed by atoms with Crippen molar-refractivity contribution in [3.63, 3.8) is 0 Å². The molecule has 0 saturated heterocycles. The van der Waals surface area contributed by atoms with E-state index in [4.69, 9.17) is 9.26 Å². The molecule has 0 aliphatic carbocycles. The van der Waals surface area contributed by atoms with Gasteiger partial charge in [0.15, 0.2) is 5.82 Å². The molecule has 0 amide bonds. The van der Waals surface area contributed by atoms with Gasteiger partial charge in [-0.15, -0.1) is 0 Å². The number of ether oxygens (including phenoxy) is 1. The Labute approximate surface area is 124 Å². The van der Waals surface area contributed by atoms with Crippen LogP contribution in [-0.2, 0) is 17.7 Å². The van der Waals surface area contributed by atoms with Crippen molar-refractivity contribution in [2.75, 3.05) is 13.7 Å². The van der Waals surface area contributed by atoms with Gasteiger partial charge in [-0.1, -0.05) is 5.16 Å². The van der Waals surface area contributed by atoms with E-state index in [2.05, 4.69) is 34.4 Å². The Morgan fingerprint density at radius 2 is 2.24 bits per heavy atom. The largest absolute Gasteiger partial charge is 0.384 e. The lowest BCUT2D eigenvalue weighted by molar-refractivity contribution is 0.199. The molecule has 0 saturated carbocycles. The van der Waals surface area contributed by atoms with E-state index in [1.165, 1.54) is 0 Å². The lowest BCUT2D eigenvalue weighted by Gasteiger charge is -2.20. The minimum atomic E-state index is 0.235. The van der Waals surface area contributed by atoms with Crippen molar-refractivity contribution in [1.29, 1.82) is 0 Å². The van der Waals surface area contributed by atoms with Gasteiger partial charge in [0.1, 0.15) is 0 Å². The fourth-order valence-electron chi connectivity index (χ4n) is 1.96. The van der Waals surface area contributed by atoms with Crippen LogP contribution in [0.5, 0.6) is 0 Å². The van der Waals surface area contributed by atoms with E-state index >= 15 is 0 Å². The van der Waals surface area contributed by atoms with Crippen LogP contribution in [0.1, 0.15) is 37.2 Å². The maximum absolute atomic E-state index is 5.20. The SMILES string of the molecule is COCCc1noc(CNC(C)C(C)n2cc(C)cn2)n1. The van der Waals surface area contributed by atoms with Crippen LogP contribution in [0.3, 0.4) is 0 Å². The molecule has 0 aromatic carbocycles. The highest BCUT2D eigenvalue weighted by molar-refractivity contribution is 5.00. The zero-order valence-corrected chi connectivity index (χ0v) is 13.0. The molecule has 2 rings (SSSR count). The van der Waals surface area contributed by atoms with Crippen LogP contribution in [0.2, 0.25) is 0 Å². The van der Waals surface area contributed by atoms with Crippen LogP contribution in [0.15, 0.2) is 16.9 Å². The highest BCUT2D eigenvalue weighted by Gasteiger charge is 2.15. The van der Waals surface area contributed by atoms with E-state index < -0.39 is 0 Å². The standard InChI is InChI=1S/C14H23N5O2/c1-10-7-16-19(9-10)12(3)11(2)15-8-14-17-13(18-21-14)5-6-20-4/h7,9,11-12,15H,5-6,8H2,1-4H3. The van der Waals surface area contributed by atoms with Crippen molar-refractivity contribution in [1.82, 2.24) is 25.2 Å². The summed E-state index contributed by atoms with van der Waals surface area (Å²) in [6.45, 7) is 7.42. The molecule has 2 unspecified atom stereocenters. The third-order valence-corrected chi connectivity index (χ3v) is 3.49. The predicted octanol–water partition coefficient (Wildman–Crippen LogP) is 1.50. The van der Waals surface area contributed by atoms with E-state index in [1.54, 1.807) is 7.11 Å². The van der Waals surface area contributed by atoms with Gasteiger partial charge in [0.05, 0.1) is 25.4 Å². The average molecular weight is 293 g/mol. The Bertz CT molecular complexity index is 551. The molecule has 2 heterocycles. The third kappa shape index (κ3) is 4.37. The van der Waals surface area contributed by atoms with E-state index in [-0.39, 0.29) is 12.1 Å². The number of hydrogen-bond donors (Lipinski definition) is 1. The first kappa shape index (κ1) is 15.7. The van der Waals surface area contributed by atoms with Crippen molar-refractivity contribution in [3.8, 4) is 0 Å². The molecule has 0 aliphatic heterocycles. The topological polar surface area (TPSA) is 78.0 Å². The number of rotatable bonds is 8. The van der Waals surface area contributed by atoms with Crippen molar-refractivity contribution in [2.24, 2.45) is 0 Å². The Hall–Kier alpha value is -1.73. The average Bonchev–Trinajstić information content (AvgIpc) is 3.10. The quantitative estimate of drug-likeness (QED) is 0.794. The van der Waals surface area contributed by atoms with Gasteiger partial charge in [0.2, 0.25) is 5.89 Å². The zero-order valence-electron chi connectivity index (χ0n) is 13.0. The Morgan fingerprint density at radius 1 is 1.43 bits per heavy atom. The smallest absolute Gasteiger partial charge is 0.240 e. The van der Waals surface area contributed by atoms with Gasteiger partial charge in [-0.3, -0.25) is 4.68 Å². The summed E-state index contributed by atoms with van der Waals surface area (Å²) in [5, 5.41) is 11.6. The number of aryl methyl sites for hydroxylation is 1. The second-order valence-corrected chi connectivity index (χ2v) is 5.26. The van der Waals surface area contributed by atoms with Crippen LogP contribution < -0.4 is 5.32 Å². The summed E-state index contributed by atoms with van der Waals surface area (Å²) in [5.41, 5.74) is 1.16. The summed E-state index contributed by atoms with van der Waals surface area (Å²) in [5.74, 6) is 1.27. The predicted molar refractivity (Wildman–Crippen MR) is 77.9 cm³/mol. The number of nitrogens with zero attached hydrogens (tertiary/aromatic N) is 4. The Balaban J connectivity index is 1.83. The first-order chi connectivity index (χ1) is 10.1. The van der Waals surface area contributed by atoms with Crippen LogP contribution >= 0.6 is 0 Å². The maximum Gasteiger partial charge on any atom is 0.240 e. The normalized spacial score (nSPS) is 14.3. The van der Waals surface area contributed by atoms with Crippen LogP contribution in [-0.4, -0.2) is 39.7 Å². The monoisotopic (exact) mass is 293 g/mol. The Kier molecular flexibility index (Phi) is 5.46. The molecule has 21 heavy (non-hydrogen) atoms. The van der Waals surface area contributed by atoms with Crippen molar-refractivity contribution in [2.45, 2.75) is 45.8 Å². The minimum Gasteiger partial charge on any atom is -0.384 e. The lowest BCUT2D eigenvalue weighted by atomic mass is 10.2. The van der Waals surface area contributed by atoms with Crippen LogP contribution in [0, 0.1) is 6.92 Å². The Morgan fingerprint density at radius 3 is 2.90 bits per heavy atom. The van der Waals surface area contributed by atoms with Gasteiger partial charge in [0.25, 0.3) is 0 Å². The summed E-state index contributed by atoms with van der Waals surface area (Å²) >= 11 is 0. The first-order valence-electron chi connectivity index (χ1n) is 7.14. The third-order valence-electron chi connectivity index (χ3n) is 3.49. The van der Waals surface area contributed by atoms with Crippen molar-refractivity contribution >= 4 is 0 Å². The van der Waals surface area contributed by atoms with Crippen LogP contribution in [0.4, 0.5) is 0 Å². The second-order valence-electron chi connectivity index (χ2n) is 5.26. The number of aromatic nitrogens is 4. The van der Waals surface area contributed by atoms with Gasteiger partial charge in [-0.05, 0) is 26.3 Å². The summed E-state index contributed by atoms with van der Waals surface area (Å²) < 4.78 is 12.2. The van der Waals surface area contributed by atoms with Gasteiger partial charge in [-0.25, -0.2) is 0 Å². The summed E-state index contributed by atoms with van der Waals surface area (Å²) in [6.07, 6.45) is 4.57. The molecule has 0 aliphatic rings. The number of nitrogens with one attached hydrogen (secondary N) is 1. The van der Waals surface area contributed by atoms with Crippen molar-refractivity contribution < 1.29 is 9.26 Å². The molecular weight excluding hydrogens is 270 g/mol. The second kappa shape index (κ2) is 7.33. The molecule has 0 radical (unpaired) electrons. The molecule has 7 nitrogen and oxygen atoms in total. The number of hydrogen-bond acceptors (Lipinski definition) is 6. The molecule has 0 fully saturated rings. The van der Waals surface area contributed by atoms with Crippen LogP contribution in [0.25, 0.3) is 0 Å². The van der Waals surface area contributed by atoms with E-state index in [9.17, 15) is 0 Å². The fourth-order valence-corrected chi connectivity index (χ4v) is 1.96. The lowest BCUT2D eigenvalue weighted by Crippen LogP contribution is -2.33. The van der Waals surface area contributed by atoms with Crippen molar-refractivity contribution in [3.05, 3.63) is 29.7 Å². The zero-order chi connectivity index (χ0) is 15.2. The summed E-state index contributed by atoms with van der Waals surface area (Å²) in [4.78, 5) is 4.31.